The van der Waals surface area contributed by atoms with Gasteiger partial charge in [0.05, 0.1) is 18.5 Å². The van der Waals surface area contributed by atoms with Crippen LogP contribution in [-0.4, -0.2) is 27.2 Å². The van der Waals surface area contributed by atoms with Crippen molar-refractivity contribution in [1.29, 1.82) is 0 Å². The Morgan fingerprint density at radius 3 is 2.81 bits per heavy atom. The van der Waals surface area contributed by atoms with Crippen LogP contribution in [0.2, 0.25) is 0 Å². The van der Waals surface area contributed by atoms with E-state index in [0.29, 0.717) is 0 Å². The summed E-state index contributed by atoms with van der Waals surface area (Å²) in [6.07, 6.45) is 0. The molecule has 1 aliphatic rings. The van der Waals surface area contributed by atoms with Crippen molar-refractivity contribution in [3.63, 3.8) is 0 Å². The Labute approximate surface area is 97.4 Å². The van der Waals surface area contributed by atoms with Gasteiger partial charge in [-0.25, -0.2) is 0 Å². The predicted octanol–water partition coefficient (Wildman–Crippen LogP) is 2.58. The highest BCUT2D eigenvalue weighted by Gasteiger charge is 2.25. The summed E-state index contributed by atoms with van der Waals surface area (Å²) in [4.78, 5) is 2.29. The molecule has 1 aromatic carbocycles. The van der Waals surface area contributed by atoms with Gasteiger partial charge in [-0.2, -0.15) is 0 Å². The zero-order valence-corrected chi connectivity index (χ0v) is 10.5. The largest absolute Gasteiger partial charge is 0.497 e. The Morgan fingerprint density at radius 1 is 1.38 bits per heavy atom. The molecule has 3 heteroatoms. The standard InChI is InChI=1S/C13H20N2O/c1-13(2)8-14-11-6-5-10(16-4)7-12(11)15(3)9-13/h5-7,14H,8-9H2,1-4H3. The lowest BCUT2D eigenvalue weighted by Gasteiger charge is -2.27. The van der Waals surface area contributed by atoms with Crippen molar-refractivity contribution in [3.8, 4) is 5.75 Å². The molecule has 0 saturated heterocycles. The number of anilines is 2. The van der Waals surface area contributed by atoms with Crippen molar-refractivity contribution in [2.75, 3.05) is 37.5 Å². The van der Waals surface area contributed by atoms with Gasteiger partial charge in [0.1, 0.15) is 5.75 Å². The van der Waals surface area contributed by atoms with Gasteiger partial charge in [-0.15, -0.1) is 0 Å². The number of hydrogen-bond acceptors (Lipinski definition) is 3. The Hall–Kier alpha value is -1.38. The second-order valence-corrected chi connectivity index (χ2v) is 5.26. The third kappa shape index (κ3) is 2.08. The molecule has 1 aromatic rings. The van der Waals surface area contributed by atoms with Gasteiger partial charge in [-0.05, 0) is 17.5 Å². The molecular formula is C13H20N2O. The molecule has 16 heavy (non-hydrogen) atoms. The van der Waals surface area contributed by atoms with Gasteiger partial charge < -0.3 is 15.0 Å². The lowest BCUT2D eigenvalue weighted by Crippen LogP contribution is -2.33. The van der Waals surface area contributed by atoms with Crippen molar-refractivity contribution < 1.29 is 4.74 Å². The third-order valence-electron chi connectivity index (χ3n) is 3.04. The van der Waals surface area contributed by atoms with E-state index in [1.54, 1.807) is 7.11 Å². The van der Waals surface area contributed by atoms with Crippen LogP contribution in [-0.2, 0) is 0 Å². The fraction of sp³-hybridized carbons (Fsp3) is 0.538. The molecule has 1 aliphatic heterocycles. The molecule has 0 fully saturated rings. The molecule has 2 rings (SSSR count). The molecule has 0 radical (unpaired) electrons. The number of ether oxygens (including phenoxy) is 1. The molecule has 0 amide bonds. The van der Waals surface area contributed by atoms with Gasteiger partial charge in [0.2, 0.25) is 0 Å². The van der Waals surface area contributed by atoms with Crippen LogP contribution < -0.4 is 15.0 Å². The summed E-state index contributed by atoms with van der Waals surface area (Å²) in [7, 11) is 3.84. The van der Waals surface area contributed by atoms with E-state index in [4.69, 9.17) is 4.74 Å². The highest BCUT2D eigenvalue weighted by molar-refractivity contribution is 5.72. The van der Waals surface area contributed by atoms with Gasteiger partial charge in [-0.1, -0.05) is 13.8 Å². The molecule has 0 atom stereocenters. The monoisotopic (exact) mass is 220 g/mol. The fourth-order valence-corrected chi connectivity index (χ4v) is 2.22. The number of nitrogens with one attached hydrogen (secondary N) is 1. The first kappa shape index (κ1) is 11.1. The van der Waals surface area contributed by atoms with Gasteiger partial charge >= 0.3 is 0 Å². The Morgan fingerprint density at radius 2 is 2.12 bits per heavy atom. The van der Waals surface area contributed by atoms with E-state index in [1.165, 1.54) is 11.4 Å². The summed E-state index contributed by atoms with van der Waals surface area (Å²) >= 11 is 0. The third-order valence-corrected chi connectivity index (χ3v) is 3.04. The van der Waals surface area contributed by atoms with Crippen molar-refractivity contribution in [2.45, 2.75) is 13.8 Å². The van der Waals surface area contributed by atoms with Crippen LogP contribution in [0.5, 0.6) is 5.75 Å². The molecule has 88 valence electrons. The van der Waals surface area contributed by atoms with Gasteiger partial charge in [-0.3, -0.25) is 0 Å². The summed E-state index contributed by atoms with van der Waals surface area (Å²) < 4.78 is 5.27. The summed E-state index contributed by atoms with van der Waals surface area (Å²) in [5.41, 5.74) is 2.68. The predicted molar refractivity (Wildman–Crippen MR) is 68.5 cm³/mol. The van der Waals surface area contributed by atoms with Crippen molar-refractivity contribution in [3.05, 3.63) is 18.2 Å². The molecule has 1 N–H and O–H groups in total. The van der Waals surface area contributed by atoms with Crippen LogP contribution in [0.4, 0.5) is 11.4 Å². The molecule has 1 heterocycles. The Kier molecular flexibility index (Phi) is 2.70. The lowest BCUT2D eigenvalue weighted by atomic mass is 9.93. The number of hydrogen-bond donors (Lipinski definition) is 1. The van der Waals surface area contributed by atoms with E-state index in [1.807, 2.05) is 6.07 Å². The Bertz CT molecular complexity index is 388. The minimum Gasteiger partial charge on any atom is -0.497 e. The van der Waals surface area contributed by atoms with Crippen LogP contribution in [0.25, 0.3) is 0 Å². The van der Waals surface area contributed by atoms with E-state index in [9.17, 15) is 0 Å². The van der Waals surface area contributed by atoms with Crippen LogP contribution in [0.15, 0.2) is 18.2 Å². The molecule has 0 aromatic heterocycles. The summed E-state index contributed by atoms with van der Waals surface area (Å²) in [5, 5.41) is 3.50. The van der Waals surface area contributed by atoms with Crippen LogP contribution in [0.1, 0.15) is 13.8 Å². The van der Waals surface area contributed by atoms with Crippen molar-refractivity contribution in [2.24, 2.45) is 5.41 Å². The minimum absolute atomic E-state index is 0.279. The van der Waals surface area contributed by atoms with Crippen LogP contribution >= 0.6 is 0 Å². The number of nitrogens with zero attached hydrogens (tertiary/aromatic N) is 1. The molecular weight excluding hydrogens is 200 g/mol. The maximum absolute atomic E-state index is 5.27. The first-order valence-electron chi connectivity index (χ1n) is 5.65. The first-order chi connectivity index (χ1) is 7.52. The summed E-state index contributed by atoms with van der Waals surface area (Å²) in [5.74, 6) is 0.909. The lowest BCUT2D eigenvalue weighted by molar-refractivity contribution is 0.402. The normalized spacial score (nSPS) is 18.4. The second kappa shape index (κ2) is 3.89. The van der Waals surface area contributed by atoms with E-state index >= 15 is 0 Å². The van der Waals surface area contributed by atoms with Crippen LogP contribution in [0.3, 0.4) is 0 Å². The average molecular weight is 220 g/mol. The first-order valence-corrected chi connectivity index (χ1v) is 5.65. The maximum atomic E-state index is 5.27. The van der Waals surface area contributed by atoms with E-state index in [-0.39, 0.29) is 5.41 Å². The van der Waals surface area contributed by atoms with Gasteiger partial charge in [0, 0.05) is 26.2 Å². The fourth-order valence-electron chi connectivity index (χ4n) is 2.22. The average Bonchev–Trinajstić information content (AvgIpc) is 2.35. The van der Waals surface area contributed by atoms with Crippen molar-refractivity contribution in [1.82, 2.24) is 0 Å². The van der Waals surface area contributed by atoms with Crippen molar-refractivity contribution >= 4 is 11.4 Å². The smallest absolute Gasteiger partial charge is 0.121 e. The number of rotatable bonds is 1. The zero-order chi connectivity index (χ0) is 11.8. The SMILES string of the molecule is COc1ccc2c(c1)N(C)CC(C)(C)CN2. The molecule has 0 spiro atoms. The summed E-state index contributed by atoms with van der Waals surface area (Å²) in [6.45, 7) is 6.59. The summed E-state index contributed by atoms with van der Waals surface area (Å²) in [6, 6.07) is 6.17. The van der Waals surface area contributed by atoms with E-state index in [0.717, 1.165) is 18.8 Å². The molecule has 3 nitrogen and oxygen atoms in total. The molecule has 0 unspecified atom stereocenters. The zero-order valence-electron chi connectivity index (χ0n) is 10.5. The maximum Gasteiger partial charge on any atom is 0.121 e. The van der Waals surface area contributed by atoms with Gasteiger partial charge in [0.15, 0.2) is 0 Å². The number of fused-ring (bicyclic) bond motifs is 1. The molecule has 0 saturated carbocycles. The molecule has 0 bridgehead atoms. The Balaban J connectivity index is 2.37. The van der Waals surface area contributed by atoms with E-state index < -0.39 is 0 Å². The number of benzene rings is 1. The highest BCUT2D eigenvalue weighted by atomic mass is 16.5. The van der Waals surface area contributed by atoms with Crippen LogP contribution in [0, 0.1) is 5.41 Å². The molecule has 0 aliphatic carbocycles. The van der Waals surface area contributed by atoms with E-state index in [2.05, 4.69) is 43.2 Å². The van der Waals surface area contributed by atoms with Gasteiger partial charge in [0.25, 0.3) is 0 Å². The highest BCUT2D eigenvalue weighted by Crippen LogP contribution is 2.34. The second-order valence-electron chi connectivity index (χ2n) is 5.26. The minimum atomic E-state index is 0.279. The quantitative estimate of drug-likeness (QED) is 0.787. The topological polar surface area (TPSA) is 24.5 Å². The number of methoxy groups -OCH3 is 1.